The molecule has 1 aliphatic rings. The van der Waals surface area contributed by atoms with Crippen LogP contribution in [0.15, 0.2) is 18.2 Å². The van der Waals surface area contributed by atoms with Gasteiger partial charge in [0.1, 0.15) is 5.82 Å². The highest BCUT2D eigenvalue weighted by atomic mass is 19.3. The maximum atomic E-state index is 13.4. The van der Waals surface area contributed by atoms with Gasteiger partial charge in [-0.2, -0.15) is 0 Å². The molecule has 0 atom stereocenters. The summed E-state index contributed by atoms with van der Waals surface area (Å²) in [6.07, 6.45) is 0.166. The first-order valence-electron chi connectivity index (χ1n) is 4.51. The van der Waals surface area contributed by atoms with Crippen LogP contribution in [0.25, 0.3) is 0 Å². The molecule has 1 aromatic rings. The number of benzene rings is 1. The summed E-state index contributed by atoms with van der Waals surface area (Å²) >= 11 is 0. The van der Waals surface area contributed by atoms with Crippen LogP contribution in [0.2, 0.25) is 0 Å². The third kappa shape index (κ3) is 1.56. The number of hydrogen-bond donors (Lipinski definition) is 1. The smallest absolute Gasteiger partial charge is 0.275 e. The molecule has 0 fully saturated rings. The average Bonchev–Trinajstić information content (AvgIpc) is 2.26. The van der Waals surface area contributed by atoms with Gasteiger partial charge >= 0.3 is 0 Å². The first-order chi connectivity index (χ1) is 6.59. The molecule has 0 bridgehead atoms. The van der Waals surface area contributed by atoms with Crippen molar-refractivity contribution in [2.24, 2.45) is 0 Å². The summed E-state index contributed by atoms with van der Waals surface area (Å²) in [5, 5.41) is 2.86. The number of hydrogen-bond acceptors (Lipinski definition) is 1. The Kier molecular flexibility index (Phi) is 2.13. The van der Waals surface area contributed by atoms with E-state index in [-0.39, 0.29) is 12.0 Å². The first-order valence-corrected chi connectivity index (χ1v) is 4.51. The fourth-order valence-electron chi connectivity index (χ4n) is 1.64. The fraction of sp³-hybridized carbons (Fsp3) is 0.400. The molecule has 1 N–H and O–H groups in total. The van der Waals surface area contributed by atoms with Gasteiger partial charge in [-0.15, -0.1) is 0 Å². The lowest BCUT2D eigenvalue weighted by Gasteiger charge is -2.16. The number of halogens is 3. The molecule has 0 aromatic heterocycles. The summed E-state index contributed by atoms with van der Waals surface area (Å²) in [7, 11) is 0. The molecule has 0 radical (unpaired) electrons. The normalized spacial score (nSPS) is 19.4. The quantitative estimate of drug-likeness (QED) is 0.680. The van der Waals surface area contributed by atoms with E-state index in [1.165, 1.54) is 12.1 Å². The molecule has 76 valence electrons. The Balaban J connectivity index is 2.52. The molecule has 1 aliphatic heterocycles. The Hall–Kier alpha value is -1.19. The molecule has 0 aliphatic carbocycles. The van der Waals surface area contributed by atoms with Crippen molar-refractivity contribution in [3.8, 4) is 0 Å². The minimum absolute atomic E-state index is 0.226. The zero-order valence-corrected chi connectivity index (χ0v) is 7.49. The van der Waals surface area contributed by atoms with Gasteiger partial charge in [-0.1, -0.05) is 0 Å². The Bertz CT molecular complexity index is 349. The van der Waals surface area contributed by atoms with Gasteiger partial charge < -0.3 is 5.32 Å². The van der Waals surface area contributed by atoms with Crippen LogP contribution in [0.1, 0.15) is 18.4 Å². The van der Waals surface area contributed by atoms with Gasteiger partial charge in [-0.25, -0.2) is 13.2 Å². The highest BCUT2D eigenvalue weighted by molar-refractivity contribution is 5.54. The standard InChI is InChI=1S/C10H10F3N/c11-7-2-3-9-8(6-7)10(12,13)4-1-5-14-9/h2-3,6,14H,1,4-5H2. The zero-order chi connectivity index (χ0) is 10.2. The maximum Gasteiger partial charge on any atom is 0.275 e. The van der Waals surface area contributed by atoms with E-state index in [4.69, 9.17) is 0 Å². The van der Waals surface area contributed by atoms with Gasteiger partial charge in [0, 0.05) is 24.2 Å². The van der Waals surface area contributed by atoms with Crippen LogP contribution >= 0.6 is 0 Å². The molecule has 2 rings (SSSR count). The van der Waals surface area contributed by atoms with E-state index in [0.717, 1.165) is 6.07 Å². The average molecular weight is 201 g/mol. The van der Waals surface area contributed by atoms with E-state index in [1.54, 1.807) is 0 Å². The van der Waals surface area contributed by atoms with Crippen molar-refractivity contribution in [2.75, 3.05) is 11.9 Å². The zero-order valence-electron chi connectivity index (χ0n) is 7.49. The van der Waals surface area contributed by atoms with Gasteiger partial charge in [0.05, 0.1) is 0 Å². The summed E-state index contributed by atoms with van der Waals surface area (Å²) < 4.78 is 39.7. The van der Waals surface area contributed by atoms with Gasteiger partial charge in [0.15, 0.2) is 0 Å². The number of anilines is 1. The second kappa shape index (κ2) is 3.19. The third-order valence-corrected chi connectivity index (χ3v) is 2.36. The number of nitrogens with one attached hydrogen (secondary N) is 1. The lowest BCUT2D eigenvalue weighted by Crippen LogP contribution is -2.12. The summed E-state index contributed by atoms with van der Waals surface area (Å²) in [5.41, 5.74) is 0.115. The minimum Gasteiger partial charge on any atom is -0.385 e. The number of fused-ring (bicyclic) bond motifs is 1. The highest BCUT2D eigenvalue weighted by Gasteiger charge is 2.35. The fourth-order valence-corrected chi connectivity index (χ4v) is 1.64. The molecule has 4 heteroatoms. The Labute approximate surface area is 79.9 Å². The van der Waals surface area contributed by atoms with Crippen LogP contribution < -0.4 is 5.32 Å². The van der Waals surface area contributed by atoms with Gasteiger partial charge in [0.25, 0.3) is 5.92 Å². The lowest BCUT2D eigenvalue weighted by atomic mass is 10.0. The highest BCUT2D eigenvalue weighted by Crippen LogP contribution is 2.39. The summed E-state index contributed by atoms with van der Waals surface area (Å²) in [4.78, 5) is 0. The largest absolute Gasteiger partial charge is 0.385 e. The van der Waals surface area contributed by atoms with Crippen molar-refractivity contribution in [2.45, 2.75) is 18.8 Å². The van der Waals surface area contributed by atoms with Gasteiger partial charge in [0.2, 0.25) is 0 Å². The molecule has 0 saturated carbocycles. The predicted octanol–water partition coefficient (Wildman–Crippen LogP) is 3.12. The Morgan fingerprint density at radius 3 is 2.86 bits per heavy atom. The van der Waals surface area contributed by atoms with E-state index in [9.17, 15) is 13.2 Å². The molecule has 1 nitrogen and oxygen atoms in total. The van der Waals surface area contributed by atoms with Crippen LogP contribution in [0, 0.1) is 5.82 Å². The Morgan fingerprint density at radius 1 is 1.29 bits per heavy atom. The van der Waals surface area contributed by atoms with Crippen LogP contribution in [0.3, 0.4) is 0 Å². The van der Waals surface area contributed by atoms with Crippen molar-refractivity contribution >= 4 is 5.69 Å². The van der Waals surface area contributed by atoms with E-state index in [1.807, 2.05) is 0 Å². The van der Waals surface area contributed by atoms with Crippen molar-refractivity contribution < 1.29 is 13.2 Å². The molecule has 0 unspecified atom stereocenters. The van der Waals surface area contributed by atoms with Crippen LogP contribution in [-0.2, 0) is 5.92 Å². The topological polar surface area (TPSA) is 12.0 Å². The van der Waals surface area contributed by atoms with E-state index < -0.39 is 11.7 Å². The van der Waals surface area contributed by atoms with Crippen LogP contribution in [-0.4, -0.2) is 6.54 Å². The Morgan fingerprint density at radius 2 is 2.07 bits per heavy atom. The van der Waals surface area contributed by atoms with Crippen molar-refractivity contribution in [3.05, 3.63) is 29.6 Å². The first kappa shape index (κ1) is 9.37. The van der Waals surface area contributed by atoms with Crippen LogP contribution in [0.5, 0.6) is 0 Å². The van der Waals surface area contributed by atoms with Crippen molar-refractivity contribution in [1.82, 2.24) is 0 Å². The van der Waals surface area contributed by atoms with Crippen molar-refractivity contribution in [3.63, 3.8) is 0 Å². The second-order valence-corrected chi connectivity index (χ2v) is 3.42. The third-order valence-electron chi connectivity index (χ3n) is 2.36. The molecule has 0 saturated heterocycles. The summed E-state index contributed by atoms with van der Waals surface area (Å²) in [6, 6.07) is 3.46. The monoisotopic (exact) mass is 201 g/mol. The maximum absolute atomic E-state index is 13.4. The number of alkyl halides is 2. The summed E-state index contributed by atoms with van der Waals surface area (Å²) in [6.45, 7) is 0.508. The SMILES string of the molecule is Fc1ccc2c(c1)C(F)(F)CCCN2. The number of rotatable bonds is 0. The molecule has 1 heterocycles. The van der Waals surface area contributed by atoms with E-state index >= 15 is 0 Å². The lowest BCUT2D eigenvalue weighted by molar-refractivity contribution is -0.0123. The molecule has 1 aromatic carbocycles. The minimum atomic E-state index is -2.92. The molecular weight excluding hydrogens is 191 g/mol. The van der Waals surface area contributed by atoms with Gasteiger partial charge in [-0.3, -0.25) is 0 Å². The van der Waals surface area contributed by atoms with E-state index in [2.05, 4.69) is 5.32 Å². The second-order valence-electron chi connectivity index (χ2n) is 3.42. The predicted molar refractivity (Wildman–Crippen MR) is 48.0 cm³/mol. The van der Waals surface area contributed by atoms with Crippen molar-refractivity contribution in [1.29, 1.82) is 0 Å². The van der Waals surface area contributed by atoms with Crippen LogP contribution in [0.4, 0.5) is 18.9 Å². The molecular formula is C10H10F3N. The molecule has 0 spiro atoms. The molecule has 14 heavy (non-hydrogen) atoms. The summed E-state index contributed by atoms with van der Waals surface area (Å²) in [5.74, 6) is -3.53. The van der Waals surface area contributed by atoms with E-state index in [0.29, 0.717) is 18.7 Å². The molecule has 0 amide bonds. The van der Waals surface area contributed by atoms with Gasteiger partial charge in [-0.05, 0) is 24.6 Å².